The van der Waals surface area contributed by atoms with E-state index in [-0.39, 0.29) is 5.91 Å². The van der Waals surface area contributed by atoms with Crippen molar-refractivity contribution in [2.75, 3.05) is 19.4 Å². The standard InChI is InChI=1S/C12H19N3O/c1-9(13)12(16)14-11-6-4-5-10(7-11)8-15(2)3/h4-7,9H,8,13H2,1-3H3,(H,14,16)/t9-/m1/s1. The first-order valence-corrected chi connectivity index (χ1v) is 5.29. The SMILES string of the molecule is C[C@@H](N)C(=O)Nc1cccc(CN(C)C)c1. The van der Waals surface area contributed by atoms with Crippen LogP contribution in [0.4, 0.5) is 5.69 Å². The zero-order valence-electron chi connectivity index (χ0n) is 10.0. The number of anilines is 1. The molecule has 0 aliphatic heterocycles. The molecule has 0 heterocycles. The number of hydrogen-bond donors (Lipinski definition) is 2. The Labute approximate surface area is 96.4 Å². The number of nitrogens with one attached hydrogen (secondary N) is 1. The van der Waals surface area contributed by atoms with Gasteiger partial charge in [0.05, 0.1) is 6.04 Å². The van der Waals surface area contributed by atoms with Gasteiger partial charge in [0.2, 0.25) is 5.91 Å². The number of hydrogen-bond acceptors (Lipinski definition) is 3. The van der Waals surface area contributed by atoms with Crippen LogP contribution in [0, 0.1) is 0 Å². The van der Waals surface area contributed by atoms with Crippen molar-refractivity contribution in [3.63, 3.8) is 0 Å². The van der Waals surface area contributed by atoms with Crippen molar-refractivity contribution < 1.29 is 4.79 Å². The van der Waals surface area contributed by atoms with Crippen molar-refractivity contribution in [1.82, 2.24) is 4.90 Å². The summed E-state index contributed by atoms with van der Waals surface area (Å²) in [5, 5.41) is 2.77. The predicted molar refractivity (Wildman–Crippen MR) is 66.1 cm³/mol. The number of rotatable bonds is 4. The second-order valence-electron chi connectivity index (χ2n) is 4.22. The van der Waals surface area contributed by atoms with Crippen molar-refractivity contribution >= 4 is 11.6 Å². The molecule has 4 heteroatoms. The second kappa shape index (κ2) is 5.63. The lowest BCUT2D eigenvalue weighted by Gasteiger charge is -2.12. The number of amides is 1. The molecule has 0 aliphatic carbocycles. The van der Waals surface area contributed by atoms with Gasteiger partial charge in [0, 0.05) is 12.2 Å². The highest BCUT2D eigenvalue weighted by molar-refractivity contribution is 5.94. The van der Waals surface area contributed by atoms with Gasteiger partial charge in [-0.1, -0.05) is 12.1 Å². The van der Waals surface area contributed by atoms with E-state index in [1.54, 1.807) is 6.92 Å². The molecule has 4 nitrogen and oxygen atoms in total. The van der Waals surface area contributed by atoms with E-state index in [1.165, 1.54) is 0 Å². The summed E-state index contributed by atoms with van der Waals surface area (Å²) >= 11 is 0. The van der Waals surface area contributed by atoms with E-state index in [4.69, 9.17) is 5.73 Å². The zero-order chi connectivity index (χ0) is 12.1. The first-order chi connectivity index (χ1) is 7.49. The maximum absolute atomic E-state index is 11.4. The number of nitrogens with zero attached hydrogens (tertiary/aromatic N) is 1. The molecule has 1 atom stereocenters. The highest BCUT2D eigenvalue weighted by Gasteiger charge is 2.07. The summed E-state index contributed by atoms with van der Waals surface area (Å²) in [7, 11) is 4.01. The molecule has 0 aromatic heterocycles. The van der Waals surface area contributed by atoms with Crippen LogP contribution >= 0.6 is 0 Å². The Morgan fingerprint density at radius 1 is 1.50 bits per heavy atom. The van der Waals surface area contributed by atoms with Gasteiger partial charge >= 0.3 is 0 Å². The summed E-state index contributed by atoms with van der Waals surface area (Å²) in [6, 6.07) is 7.29. The lowest BCUT2D eigenvalue weighted by atomic mass is 10.2. The third kappa shape index (κ3) is 4.00. The van der Waals surface area contributed by atoms with Crippen LogP contribution in [0.15, 0.2) is 24.3 Å². The van der Waals surface area contributed by atoms with E-state index < -0.39 is 6.04 Å². The molecular weight excluding hydrogens is 202 g/mol. The zero-order valence-corrected chi connectivity index (χ0v) is 10.0. The predicted octanol–water partition coefficient (Wildman–Crippen LogP) is 1.03. The maximum atomic E-state index is 11.4. The Morgan fingerprint density at radius 3 is 2.75 bits per heavy atom. The molecule has 0 saturated heterocycles. The van der Waals surface area contributed by atoms with Crippen LogP contribution in [0.2, 0.25) is 0 Å². The highest BCUT2D eigenvalue weighted by Crippen LogP contribution is 2.11. The third-order valence-electron chi connectivity index (χ3n) is 2.11. The van der Waals surface area contributed by atoms with Crippen molar-refractivity contribution in [1.29, 1.82) is 0 Å². The van der Waals surface area contributed by atoms with E-state index in [0.717, 1.165) is 17.8 Å². The molecule has 0 unspecified atom stereocenters. The van der Waals surface area contributed by atoms with Crippen LogP contribution in [0.3, 0.4) is 0 Å². The summed E-state index contributed by atoms with van der Waals surface area (Å²) in [5.41, 5.74) is 7.44. The molecule has 88 valence electrons. The molecule has 3 N–H and O–H groups in total. The van der Waals surface area contributed by atoms with Crippen LogP contribution < -0.4 is 11.1 Å². The van der Waals surface area contributed by atoms with Gasteiger partial charge in [-0.15, -0.1) is 0 Å². The normalized spacial score (nSPS) is 12.6. The Morgan fingerprint density at radius 2 is 2.19 bits per heavy atom. The minimum atomic E-state index is -0.488. The lowest BCUT2D eigenvalue weighted by Crippen LogP contribution is -2.32. The molecular formula is C12H19N3O. The molecule has 0 spiro atoms. The second-order valence-corrected chi connectivity index (χ2v) is 4.22. The Kier molecular flexibility index (Phi) is 4.46. The van der Waals surface area contributed by atoms with Gasteiger partial charge in [0.15, 0.2) is 0 Å². The highest BCUT2D eigenvalue weighted by atomic mass is 16.2. The Hall–Kier alpha value is -1.39. The molecule has 0 fully saturated rings. The first-order valence-electron chi connectivity index (χ1n) is 5.29. The van der Waals surface area contributed by atoms with E-state index in [0.29, 0.717) is 0 Å². The smallest absolute Gasteiger partial charge is 0.240 e. The number of nitrogens with two attached hydrogens (primary N) is 1. The Bertz CT molecular complexity index is 361. The number of benzene rings is 1. The summed E-state index contributed by atoms with van der Waals surface area (Å²) in [5.74, 6) is -0.165. The molecule has 16 heavy (non-hydrogen) atoms. The molecule has 0 aliphatic rings. The monoisotopic (exact) mass is 221 g/mol. The van der Waals surface area contributed by atoms with E-state index in [1.807, 2.05) is 38.4 Å². The summed E-state index contributed by atoms with van der Waals surface area (Å²) in [6.07, 6.45) is 0. The van der Waals surface area contributed by atoms with Crippen molar-refractivity contribution in [2.24, 2.45) is 5.73 Å². The maximum Gasteiger partial charge on any atom is 0.240 e. The van der Waals surface area contributed by atoms with Crippen molar-refractivity contribution in [3.8, 4) is 0 Å². The van der Waals surface area contributed by atoms with E-state index in [9.17, 15) is 4.79 Å². The number of carbonyl (C=O) groups is 1. The van der Waals surface area contributed by atoms with Crippen LogP contribution in [0.25, 0.3) is 0 Å². The van der Waals surface area contributed by atoms with Gasteiger partial charge in [-0.2, -0.15) is 0 Å². The molecule has 0 bridgehead atoms. The van der Waals surface area contributed by atoms with Gasteiger partial charge in [-0.3, -0.25) is 4.79 Å². The molecule has 1 rings (SSSR count). The average molecular weight is 221 g/mol. The molecule has 1 aromatic carbocycles. The van der Waals surface area contributed by atoms with Gasteiger partial charge in [0.1, 0.15) is 0 Å². The topological polar surface area (TPSA) is 58.4 Å². The van der Waals surface area contributed by atoms with E-state index >= 15 is 0 Å². The quantitative estimate of drug-likeness (QED) is 0.798. The molecule has 0 radical (unpaired) electrons. The largest absolute Gasteiger partial charge is 0.325 e. The van der Waals surface area contributed by atoms with Crippen molar-refractivity contribution in [2.45, 2.75) is 19.5 Å². The van der Waals surface area contributed by atoms with Crippen molar-refractivity contribution in [3.05, 3.63) is 29.8 Å². The molecule has 1 amide bonds. The van der Waals surface area contributed by atoms with Crippen LogP contribution in [-0.4, -0.2) is 30.9 Å². The summed E-state index contributed by atoms with van der Waals surface area (Å²) < 4.78 is 0. The first kappa shape index (κ1) is 12.7. The minimum absolute atomic E-state index is 0.165. The van der Waals surface area contributed by atoms with Gasteiger partial charge < -0.3 is 16.0 Å². The average Bonchev–Trinajstić information content (AvgIpc) is 2.16. The third-order valence-corrected chi connectivity index (χ3v) is 2.11. The van der Waals surface area contributed by atoms with Crippen LogP contribution in [0.1, 0.15) is 12.5 Å². The fourth-order valence-electron chi connectivity index (χ4n) is 1.37. The van der Waals surface area contributed by atoms with E-state index in [2.05, 4.69) is 10.2 Å². The van der Waals surface area contributed by atoms with Gasteiger partial charge in [-0.25, -0.2) is 0 Å². The number of carbonyl (C=O) groups excluding carboxylic acids is 1. The summed E-state index contributed by atoms with van der Waals surface area (Å²) in [6.45, 7) is 2.51. The fourth-order valence-corrected chi connectivity index (χ4v) is 1.37. The fraction of sp³-hybridized carbons (Fsp3) is 0.417. The Balaban J connectivity index is 2.71. The summed E-state index contributed by atoms with van der Waals surface area (Å²) in [4.78, 5) is 13.5. The molecule has 1 aromatic rings. The van der Waals surface area contributed by atoms with Crippen LogP contribution in [-0.2, 0) is 11.3 Å². The van der Waals surface area contributed by atoms with Gasteiger partial charge in [0.25, 0.3) is 0 Å². The lowest BCUT2D eigenvalue weighted by molar-refractivity contribution is -0.117. The molecule has 0 saturated carbocycles. The van der Waals surface area contributed by atoms with Crippen LogP contribution in [0.5, 0.6) is 0 Å². The minimum Gasteiger partial charge on any atom is -0.325 e. The van der Waals surface area contributed by atoms with Gasteiger partial charge in [-0.05, 0) is 38.7 Å².